The molecule has 0 radical (unpaired) electrons. The lowest BCUT2D eigenvalue weighted by Gasteiger charge is -2.14. The normalized spacial score (nSPS) is 13.5. The molecule has 0 heterocycles. The highest BCUT2D eigenvalue weighted by Crippen LogP contribution is 2.25. The molecule has 0 aromatic heterocycles. The molecular formula is C11H16BrFN2O3S. The zero-order valence-corrected chi connectivity index (χ0v) is 13.0. The number of halogens is 2. The summed E-state index contributed by atoms with van der Waals surface area (Å²) in [5, 5.41) is 0. The number of anilines is 1. The van der Waals surface area contributed by atoms with Gasteiger partial charge in [-0.3, -0.25) is 0 Å². The van der Waals surface area contributed by atoms with Crippen LogP contribution in [0.2, 0.25) is 0 Å². The SMILES string of the molecule is CCOC(C)CNS(=O)(=O)c1cc(N)cc(Br)c1F. The topological polar surface area (TPSA) is 81.4 Å². The fourth-order valence-corrected chi connectivity index (χ4v) is 3.28. The molecule has 0 spiro atoms. The Bertz CT molecular complexity index is 551. The predicted molar refractivity (Wildman–Crippen MR) is 74.8 cm³/mol. The van der Waals surface area contributed by atoms with E-state index in [1.165, 1.54) is 6.07 Å². The smallest absolute Gasteiger partial charge is 0.243 e. The molecule has 1 unspecified atom stereocenters. The Morgan fingerprint density at radius 2 is 2.16 bits per heavy atom. The second kappa shape index (κ2) is 6.65. The minimum atomic E-state index is -3.96. The van der Waals surface area contributed by atoms with Crippen molar-refractivity contribution in [3.63, 3.8) is 0 Å². The van der Waals surface area contributed by atoms with E-state index in [9.17, 15) is 12.8 Å². The molecule has 8 heteroatoms. The Balaban J connectivity index is 2.95. The molecule has 0 aliphatic rings. The lowest BCUT2D eigenvalue weighted by molar-refractivity contribution is 0.0799. The third kappa shape index (κ3) is 4.41. The minimum Gasteiger partial charge on any atom is -0.399 e. The van der Waals surface area contributed by atoms with Gasteiger partial charge in [0.2, 0.25) is 10.0 Å². The molecular weight excluding hydrogens is 339 g/mol. The third-order valence-corrected chi connectivity index (χ3v) is 4.32. The first kappa shape index (κ1) is 16.4. The Morgan fingerprint density at radius 1 is 1.53 bits per heavy atom. The van der Waals surface area contributed by atoms with Gasteiger partial charge in [0.15, 0.2) is 5.82 Å². The van der Waals surface area contributed by atoms with Crippen molar-refractivity contribution in [3.05, 3.63) is 22.4 Å². The average Bonchev–Trinajstić information content (AvgIpc) is 2.31. The molecule has 0 amide bonds. The van der Waals surface area contributed by atoms with Crippen molar-refractivity contribution in [2.45, 2.75) is 24.8 Å². The fraction of sp³-hybridized carbons (Fsp3) is 0.455. The Labute approximate surface area is 120 Å². The van der Waals surface area contributed by atoms with E-state index in [-0.39, 0.29) is 22.8 Å². The van der Waals surface area contributed by atoms with E-state index in [2.05, 4.69) is 20.7 Å². The van der Waals surface area contributed by atoms with Gasteiger partial charge >= 0.3 is 0 Å². The number of sulfonamides is 1. The Hall–Kier alpha value is -0.700. The highest BCUT2D eigenvalue weighted by atomic mass is 79.9. The zero-order valence-electron chi connectivity index (χ0n) is 10.6. The van der Waals surface area contributed by atoms with E-state index in [0.29, 0.717) is 6.61 Å². The summed E-state index contributed by atoms with van der Waals surface area (Å²) in [7, 11) is -3.96. The van der Waals surface area contributed by atoms with Crippen LogP contribution in [0.3, 0.4) is 0 Å². The van der Waals surface area contributed by atoms with Gasteiger partial charge in [-0.25, -0.2) is 17.5 Å². The molecule has 1 aromatic carbocycles. The van der Waals surface area contributed by atoms with E-state index in [0.717, 1.165) is 6.07 Å². The van der Waals surface area contributed by atoms with Crippen LogP contribution in [0.15, 0.2) is 21.5 Å². The van der Waals surface area contributed by atoms with E-state index >= 15 is 0 Å². The molecule has 1 atom stereocenters. The van der Waals surface area contributed by atoms with Gasteiger partial charge in [-0.1, -0.05) is 0 Å². The van der Waals surface area contributed by atoms with Crippen molar-refractivity contribution in [1.82, 2.24) is 4.72 Å². The van der Waals surface area contributed by atoms with Gasteiger partial charge in [0, 0.05) is 18.8 Å². The molecule has 0 aliphatic heterocycles. The van der Waals surface area contributed by atoms with E-state index < -0.39 is 20.7 Å². The van der Waals surface area contributed by atoms with Gasteiger partial charge in [-0.15, -0.1) is 0 Å². The Morgan fingerprint density at radius 3 is 2.74 bits per heavy atom. The summed E-state index contributed by atoms with van der Waals surface area (Å²) in [4.78, 5) is -0.483. The largest absolute Gasteiger partial charge is 0.399 e. The monoisotopic (exact) mass is 354 g/mol. The number of hydrogen-bond acceptors (Lipinski definition) is 4. The minimum absolute atomic E-state index is 0.00531. The third-order valence-electron chi connectivity index (χ3n) is 2.32. The van der Waals surface area contributed by atoms with Crippen LogP contribution in [0.4, 0.5) is 10.1 Å². The maximum Gasteiger partial charge on any atom is 0.243 e. The van der Waals surface area contributed by atoms with Crippen LogP contribution >= 0.6 is 15.9 Å². The standard InChI is InChI=1S/C11H16BrFN2O3S/c1-3-18-7(2)6-15-19(16,17)10-5-8(14)4-9(12)11(10)13/h4-5,7,15H,3,6,14H2,1-2H3. The number of benzene rings is 1. The van der Waals surface area contributed by atoms with Gasteiger partial charge in [0.25, 0.3) is 0 Å². The first-order chi connectivity index (χ1) is 8.77. The predicted octanol–water partition coefficient (Wildman–Crippen LogP) is 1.87. The molecule has 0 saturated heterocycles. The second-order valence-corrected chi connectivity index (χ2v) is 6.52. The van der Waals surface area contributed by atoms with Crippen molar-refractivity contribution < 1.29 is 17.5 Å². The van der Waals surface area contributed by atoms with Crippen LogP contribution in [0.5, 0.6) is 0 Å². The van der Waals surface area contributed by atoms with Gasteiger partial charge in [-0.05, 0) is 41.9 Å². The van der Waals surface area contributed by atoms with Crippen LogP contribution < -0.4 is 10.5 Å². The summed E-state index contributed by atoms with van der Waals surface area (Å²) < 4.78 is 45.3. The lowest BCUT2D eigenvalue weighted by atomic mass is 10.3. The molecule has 0 bridgehead atoms. The summed E-state index contributed by atoms with van der Waals surface area (Å²) in [5.41, 5.74) is 5.67. The van der Waals surface area contributed by atoms with Gasteiger partial charge < -0.3 is 10.5 Å². The highest BCUT2D eigenvalue weighted by Gasteiger charge is 2.22. The number of hydrogen-bond donors (Lipinski definition) is 2. The van der Waals surface area contributed by atoms with Gasteiger partial charge in [-0.2, -0.15) is 0 Å². The number of nitrogen functional groups attached to an aromatic ring is 1. The van der Waals surface area contributed by atoms with Crippen LogP contribution in [0.25, 0.3) is 0 Å². The Kier molecular flexibility index (Phi) is 5.72. The summed E-state index contributed by atoms with van der Waals surface area (Å²) in [5.74, 6) is -0.870. The van der Waals surface area contributed by atoms with Crippen molar-refractivity contribution >= 4 is 31.6 Å². The second-order valence-electron chi connectivity index (χ2n) is 3.93. The van der Waals surface area contributed by atoms with E-state index in [1.54, 1.807) is 13.8 Å². The fourth-order valence-electron chi connectivity index (χ4n) is 1.43. The van der Waals surface area contributed by atoms with Crippen molar-refractivity contribution in [1.29, 1.82) is 0 Å². The number of nitrogens with one attached hydrogen (secondary N) is 1. The first-order valence-corrected chi connectivity index (χ1v) is 7.91. The molecule has 1 rings (SSSR count). The summed E-state index contributed by atoms with van der Waals surface area (Å²) in [6.07, 6.45) is -0.299. The van der Waals surface area contributed by atoms with Gasteiger partial charge in [0.05, 0.1) is 10.6 Å². The van der Waals surface area contributed by atoms with E-state index in [4.69, 9.17) is 10.5 Å². The quantitative estimate of drug-likeness (QED) is 0.764. The molecule has 0 aliphatic carbocycles. The molecule has 19 heavy (non-hydrogen) atoms. The average molecular weight is 355 g/mol. The van der Waals surface area contributed by atoms with Crippen molar-refractivity contribution in [2.75, 3.05) is 18.9 Å². The zero-order chi connectivity index (χ0) is 14.6. The summed E-state index contributed by atoms with van der Waals surface area (Å²) in [6, 6.07) is 2.38. The van der Waals surface area contributed by atoms with Crippen LogP contribution in [0.1, 0.15) is 13.8 Å². The van der Waals surface area contributed by atoms with Gasteiger partial charge in [0.1, 0.15) is 4.90 Å². The van der Waals surface area contributed by atoms with Crippen LogP contribution in [0, 0.1) is 5.82 Å². The molecule has 3 N–H and O–H groups in total. The van der Waals surface area contributed by atoms with Crippen molar-refractivity contribution in [3.8, 4) is 0 Å². The number of rotatable bonds is 6. The molecule has 0 fully saturated rings. The molecule has 0 saturated carbocycles. The van der Waals surface area contributed by atoms with E-state index in [1.807, 2.05) is 0 Å². The maximum atomic E-state index is 13.8. The first-order valence-electron chi connectivity index (χ1n) is 5.63. The summed E-state index contributed by atoms with van der Waals surface area (Å²) >= 11 is 2.92. The van der Waals surface area contributed by atoms with Crippen molar-refractivity contribution in [2.24, 2.45) is 0 Å². The highest BCUT2D eigenvalue weighted by molar-refractivity contribution is 9.10. The number of ether oxygens (including phenoxy) is 1. The maximum absolute atomic E-state index is 13.8. The molecule has 1 aromatic rings. The summed E-state index contributed by atoms with van der Waals surface area (Å²) in [6.45, 7) is 4.06. The lowest BCUT2D eigenvalue weighted by Crippen LogP contribution is -2.32. The molecule has 108 valence electrons. The van der Waals surface area contributed by atoms with Crippen LogP contribution in [-0.4, -0.2) is 27.7 Å². The van der Waals surface area contributed by atoms with Crippen LogP contribution in [-0.2, 0) is 14.8 Å². The molecule has 5 nitrogen and oxygen atoms in total. The number of nitrogens with two attached hydrogens (primary N) is 1.